The lowest BCUT2D eigenvalue weighted by Gasteiger charge is -2.08. The number of hydrogen-bond donors (Lipinski definition) is 5. The molecule has 3 aromatic carbocycles. The third kappa shape index (κ3) is 5.27. The second-order valence-electron chi connectivity index (χ2n) is 5.94. The molecule has 0 aliphatic rings. The molecule has 2 amide bonds. The largest absolute Gasteiger partial charge is 0.508 e. The molecule has 6 nitrogen and oxygen atoms in total. The molecule has 0 bridgehead atoms. The Balaban J connectivity index is 1.60. The summed E-state index contributed by atoms with van der Waals surface area (Å²) in [6.07, 6.45) is 3.61. The van der Waals surface area contributed by atoms with Gasteiger partial charge in [-0.2, -0.15) is 0 Å². The van der Waals surface area contributed by atoms with Crippen LogP contribution in [0.15, 0.2) is 66.7 Å². The van der Waals surface area contributed by atoms with Gasteiger partial charge in [-0.1, -0.05) is 24.3 Å². The first-order chi connectivity index (χ1) is 13.0. The number of carbonyl (C=O) groups excluding carboxylic acids is 1. The highest BCUT2D eigenvalue weighted by Crippen LogP contribution is 2.22. The minimum absolute atomic E-state index is 0.00122. The lowest BCUT2D eigenvalue weighted by atomic mass is 10.1. The molecule has 136 valence electrons. The molecule has 0 saturated heterocycles. The monoisotopic (exact) mass is 361 g/mol. The molecule has 0 radical (unpaired) electrons. The summed E-state index contributed by atoms with van der Waals surface area (Å²) in [4.78, 5) is 12.0. The number of nitrogen functional groups attached to an aromatic ring is 1. The summed E-state index contributed by atoms with van der Waals surface area (Å²) in [5.74, 6) is 0.00243. The maximum atomic E-state index is 12.0. The fourth-order valence-corrected chi connectivity index (χ4v) is 2.44. The number of carbonyl (C=O) groups is 1. The van der Waals surface area contributed by atoms with Crippen molar-refractivity contribution >= 4 is 35.2 Å². The van der Waals surface area contributed by atoms with Gasteiger partial charge in [-0.15, -0.1) is 0 Å². The van der Waals surface area contributed by atoms with E-state index >= 15 is 0 Å². The van der Waals surface area contributed by atoms with Crippen molar-refractivity contribution in [3.8, 4) is 11.5 Å². The van der Waals surface area contributed by atoms with Crippen LogP contribution < -0.4 is 16.4 Å². The second kappa shape index (κ2) is 7.97. The van der Waals surface area contributed by atoms with E-state index in [0.717, 1.165) is 5.56 Å². The Morgan fingerprint density at radius 3 is 1.78 bits per heavy atom. The number of anilines is 3. The summed E-state index contributed by atoms with van der Waals surface area (Å²) in [7, 11) is 0. The van der Waals surface area contributed by atoms with Gasteiger partial charge in [-0.3, -0.25) is 0 Å². The molecule has 0 fully saturated rings. The maximum absolute atomic E-state index is 12.0. The van der Waals surface area contributed by atoms with Crippen LogP contribution in [0.25, 0.3) is 12.2 Å². The van der Waals surface area contributed by atoms with Crippen molar-refractivity contribution in [3.05, 3.63) is 77.9 Å². The van der Waals surface area contributed by atoms with Gasteiger partial charge >= 0.3 is 6.03 Å². The number of benzene rings is 3. The molecular weight excluding hydrogens is 342 g/mol. The number of phenols is 2. The molecular formula is C21H19N3O3. The molecule has 27 heavy (non-hydrogen) atoms. The van der Waals surface area contributed by atoms with E-state index in [1.807, 2.05) is 18.2 Å². The van der Waals surface area contributed by atoms with Crippen molar-refractivity contribution < 1.29 is 15.0 Å². The zero-order valence-electron chi connectivity index (χ0n) is 14.4. The minimum Gasteiger partial charge on any atom is -0.508 e. The Kier molecular flexibility index (Phi) is 5.28. The highest BCUT2D eigenvalue weighted by atomic mass is 16.3. The summed E-state index contributed by atoms with van der Waals surface area (Å²) in [6.45, 7) is 0. The summed E-state index contributed by atoms with van der Waals surface area (Å²) >= 11 is 0. The summed E-state index contributed by atoms with van der Waals surface area (Å²) < 4.78 is 0. The summed E-state index contributed by atoms with van der Waals surface area (Å²) in [6, 6.07) is 18.1. The summed E-state index contributed by atoms with van der Waals surface area (Å²) in [5, 5.41) is 24.4. The molecule has 0 spiro atoms. The Labute approximate surface area is 156 Å². The topological polar surface area (TPSA) is 108 Å². The molecule has 0 atom stereocenters. The van der Waals surface area contributed by atoms with Gasteiger partial charge in [0, 0.05) is 23.1 Å². The maximum Gasteiger partial charge on any atom is 0.323 e. The van der Waals surface area contributed by atoms with Gasteiger partial charge in [-0.05, 0) is 59.7 Å². The Hall–Kier alpha value is -3.93. The second-order valence-corrected chi connectivity index (χ2v) is 5.94. The van der Waals surface area contributed by atoms with Crippen LogP contribution in [0.4, 0.5) is 21.9 Å². The van der Waals surface area contributed by atoms with Crippen LogP contribution in [0.2, 0.25) is 0 Å². The van der Waals surface area contributed by atoms with Crippen molar-refractivity contribution in [3.63, 3.8) is 0 Å². The highest BCUT2D eigenvalue weighted by Gasteiger charge is 2.02. The highest BCUT2D eigenvalue weighted by molar-refractivity contribution is 5.99. The van der Waals surface area contributed by atoms with E-state index in [9.17, 15) is 15.0 Å². The zero-order chi connectivity index (χ0) is 19.2. The fraction of sp³-hybridized carbons (Fsp3) is 0. The van der Waals surface area contributed by atoms with Gasteiger partial charge in [0.15, 0.2) is 0 Å². The molecule has 3 rings (SSSR count). The molecule has 6 N–H and O–H groups in total. The van der Waals surface area contributed by atoms with Crippen LogP contribution in [-0.4, -0.2) is 16.2 Å². The smallest absolute Gasteiger partial charge is 0.323 e. The van der Waals surface area contributed by atoms with Gasteiger partial charge in [0.25, 0.3) is 0 Å². The predicted molar refractivity (Wildman–Crippen MR) is 109 cm³/mol. The standard InChI is InChI=1S/C21H19N3O3/c22-16-5-9-18(10-6-16)24-21(27)23-17-7-3-14(4-8-17)1-2-15-11-19(25)13-20(26)12-15/h1-13,25-26H,22H2,(H2,23,24,27)/b2-1+. The van der Waals surface area contributed by atoms with E-state index in [2.05, 4.69) is 10.6 Å². The van der Waals surface area contributed by atoms with E-state index in [0.29, 0.717) is 22.6 Å². The SMILES string of the molecule is Nc1ccc(NC(=O)Nc2ccc(/C=C/c3cc(O)cc(O)c3)cc2)cc1. The number of nitrogens with one attached hydrogen (secondary N) is 2. The molecule has 0 aromatic heterocycles. The van der Waals surface area contributed by atoms with E-state index in [1.165, 1.54) is 6.07 Å². The van der Waals surface area contributed by atoms with Crippen LogP contribution in [0.5, 0.6) is 11.5 Å². The number of amides is 2. The van der Waals surface area contributed by atoms with Crippen LogP contribution in [0.1, 0.15) is 11.1 Å². The number of urea groups is 1. The van der Waals surface area contributed by atoms with Crippen LogP contribution in [0.3, 0.4) is 0 Å². The fourth-order valence-electron chi connectivity index (χ4n) is 2.44. The van der Waals surface area contributed by atoms with Gasteiger partial charge in [-0.25, -0.2) is 4.79 Å². The first kappa shape index (κ1) is 17.9. The van der Waals surface area contributed by atoms with Crippen molar-refractivity contribution in [2.75, 3.05) is 16.4 Å². The minimum atomic E-state index is -0.349. The van der Waals surface area contributed by atoms with Gasteiger partial charge < -0.3 is 26.6 Å². The third-order valence-electron chi connectivity index (χ3n) is 3.73. The van der Waals surface area contributed by atoms with E-state index < -0.39 is 0 Å². The van der Waals surface area contributed by atoms with Crippen molar-refractivity contribution in [1.29, 1.82) is 0 Å². The van der Waals surface area contributed by atoms with Gasteiger partial charge in [0.2, 0.25) is 0 Å². The first-order valence-corrected chi connectivity index (χ1v) is 8.23. The van der Waals surface area contributed by atoms with Gasteiger partial charge in [0.1, 0.15) is 11.5 Å². The van der Waals surface area contributed by atoms with Crippen LogP contribution in [-0.2, 0) is 0 Å². The number of aromatic hydroxyl groups is 2. The number of phenolic OH excluding ortho intramolecular Hbond substituents is 2. The van der Waals surface area contributed by atoms with Crippen molar-refractivity contribution in [2.24, 2.45) is 0 Å². The lowest BCUT2D eigenvalue weighted by Crippen LogP contribution is -2.19. The molecule has 0 aliphatic heterocycles. The van der Waals surface area contributed by atoms with Gasteiger partial charge in [0.05, 0.1) is 0 Å². The van der Waals surface area contributed by atoms with E-state index in [4.69, 9.17) is 5.73 Å². The average Bonchev–Trinajstić information content (AvgIpc) is 2.62. The Bertz CT molecular complexity index is 945. The molecule has 0 saturated carbocycles. The van der Waals surface area contributed by atoms with Crippen molar-refractivity contribution in [2.45, 2.75) is 0 Å². The summed E-state index contributed by atoms with van der Waals surface area (Å²) in [5.41, 5.74) is 9.12. The van der Waals surface area contributed by atoms with Crippen LogP contribution in [0, 0.1) is 0 Å². The average molecular weight is 361 g/mol. The quantitative estimate of drug-likeness (QED) is 0.348. The van der Waals surface area contributed by atoms with Crippen molar-refractivity contribution in [1.82, 2.24) is 0 Å². The number of nitrogens with two attached hydrogens (primary N) is 1. The van der Waals surface area contributed by atoms with E-state index in [1.54, 1.807) is 54.6 Å². The zero-order valence-corrected chi connectivity index (χ0v) is 14.4. The number of rotatable bonds is 4. The first-order valence-electron chi connectivity index (χ1n) is 8.23. The molecule has 0 unspecified atom stereocenters. The molecule has 0 heterocycles. The molecule has 0 aliphatic carbocycles. The molecule has 6 heteroatoms. The normalized spacial score (nSPS) is 10.7. The third-order valence-corrected chi connectivity index (χ3v) is 3.73. The van der Waals surface area contributed by atoms with E-state index in [-0.39, 0.29) is 17.5 Å². The molecule has 3 aromatic rings. The lowest BCUT2D eigenvalue weighted by molar-refractivity contribution is 0.262. The number of hydrogen-bond acceptors (Lipinski definition) is 4. The Morgan fingerprint density at radius 1 is 0.741 bits per heavy atom. The predicted octanol–water partition coefficient (Wildman–Crippen LogP) is 4.49. The van der Waals surface area contributed by atoms with Crippen LogP contribution >= 0.6 is 0 Å². The Morgan fingerprint density at radius 2 is 1.22 bits per heavy atom.